The number of carboxylic acids is 1. The van der Waals surface area contributed by atoms with Crippen molar-refractivity contribution in [2.45, 2.75) is 24.3 Å². The number of carbonyl (C=O) groups is 2. The zero-order chi connectivity index (χ0) is 13.9. The highest BCUT2D eigenvalue weighted by Gasteiger charge is 2.26. The van der Waals surface area contributed by atoms with Crippen molar-refractivity contribution in [1.29, 1.82) is 0 Å². The van der Waals surface area contributed by atoms with Crippen molar-refractivity contribution in [1.82, 2.24) is 0 Å². The third-order valence-corrected chi connectivity index (χ3v) is 2.95. The molecule has 0 aliphatic rings. The summed E-state index contributed by atoms with van der Waals surface area (Å²) in [4.78, 5) is 22.8. The molecule has 0 amide bonds. The normalized spacial score (nSPS) is 14.0. The van der Waals surface area contributed by atoms with E-state index in [-0.39, 0.29) is 17.0 Å². The summed E-state index contributed by atoms with van der Waals surface area (Å²) in [7, 11) is 0. The van der Waals surface area contributed by atoms with E-state index in [0.29, 0.717) is 5.56 Å². The summed E-state index contributed by atoms with van der Waals surface area (Å²) in [5.74, 6) is -1.86. The maximum absolute atomic E-state index is 12.0. The predicted molar refractivity (Wildman–Crippen MR) is 68.2 cm³/mol. The fourth-order valence-electron chi connectivity index (χ4n) is 1.59. The molecule has 1 aromatic carbocycles. The van der Waals surface area contributed by atoms with Gasteiger partial charge < -0.3 is 10.2 Å². The minimum Gasteiger partial charge on any atom is -0.479 e. The Kier molecular flexibility index (Phi) is 5.14. The Morgan fingerprint density at radius 2 is 2.00 bits per heavy atom. The van der Waals surface area contributed by atoms with Crippen LogP contribution in [-0.4, -0.2) is 27.3 Å². The number of halogens is 2. The van der Waals surface area contributed by atoms with Crippen molar-refractivity contribution in [3.05, 3.63) is 34.9 Å². The quantitative estimate of drug-likeness (QED) is 0.645. The maximum atomic E-state index is 12.0. The fraction of sp³-hybridized carbons (Fsp3) is 0.333. The first-order valence-corrected chi connectivity index (χ1v) is 6.14. The van der Waals surface area contributed by atoms with E-state index in [1.54, 1.807) is 6.07 Å². The minimum absolute atomic E-state index is 0.0122. The molecule has 0 radical (unpaired) electrons. The molecule has 4 nitrogen and oxygen atoms in total. The lowest BCUT2D eigenvalue weighted by molar-refractivity contribution is -0.146. The highest BCUT2D eigenvalue weighted by atomic mass is 35.5. The summed E-state index contributed by atoms with van der Waals surface area (Å²) in [6.07, 6.45) is -1.78. The van der Waals surface area contributed by atoms with Crippen LogP contribution in [0.5, 0.6) is 0 Å². The zero-order valence-corrected chi connectivity index (χ0v) is 11.1. The minimum atomic E-state index is -1.78. The van der Waals surface area contributed by atoms with Gasteiger partial charge in [0.15, 0.2) is 11.9 Å². The highest BCUT2D eigenvalue weighted by Crippen LogP contribution is 2.25. The van der Waals surface area contributed by atoms with Crippen LogP contribution in [0.2, 0.25) is 0 Å². The van der Waals surface area contributed by atoms with Gasteiger partial charge in [-0.2, -0.15) is 0 Å². The van der Waals surface area contributed by atoms with Crippen molar-refractivity contribution in [3.8, 4) is 0 Å². The number of ketones is 1. The zero-order valence-electron chi connectivity index (χ0n) is 9.56. The van der Waals surface area contributed by atoms with Crippen molar-refractivity contribution in [2.75, 3.05) is 0 Å². The topological polar surface area (TPSA) is 74.6 Å². The Morgan fingerprint density at radius 3 is 2.44 bits per heavy atom. The Balaban J connectivity index is 3.42. The molecule has 0 fully saturated rings. The number of alkyl halides is 2. The summed E-state index contributed by atoms with van der Waals surface area (Å²) in [5.41, 5.74) is 0.551. The molecule has 98 valence electrons. The third-order valence-electron chi connectivity index (χ3n) is 2.46. The van der Waals surface area contributed by atoms with E-state index in [1.165, 1.54) is 19.1 Å². The second kappa shape index (κ2) is 6.18. The number of carbonyl (C=O) groups excluding carboxylic acids is 1. The van der Waals surface area contributed by atoms with E-state index in [0.717, 1.165) is 0 Å². The second-order valence-electron chi connectivity index (χ2n) is 3.74. The molecule has 0 saturated heterocycles. The first kappa shape index (κ1) is 15.0. The van der Waals surface area contributed by atoms with Gasteiger partial charge in [-0.3, -0.25) is 4.79 Å². The Labute approximate surface area is 114 Å². The molecule has 2 unspecified atom stereocenters. The van der Waals surface area contributed by atoms with E-state index in [1.807, 2.05) is 0 Å². The fourth-order valence-corrected chi connectivity index (χ4v) is 1.92. The lowest BCUT2D eigenvalue weighted by atomic mass is 9.93. The van der Waals surface area contributed by atoms with Crippen LogP contribution in [0.25, 0.3) is 0 Å². The lowest BCUT2D eigenvalue weighted by Crippen LogP contribution is -2.20. The lowest BCUT2D eigenvalue weighted by Gasteiger charge is -2.15. The van der Waals surface area contributed by atoms with E-state index in [9.17, 15) is 14.7 Å². The summed E-state index contributed by atoms with van der Waals surface area (Å²) < 4.78 is 0. The molecule has 0 heterocycles. The number of aliphatic carboxylic acids is 1. The number of Topliss-reactive ketones (excluding diaryl/α,β-unsaturated/α-hetero) is 1. The van der Waals surface area contributed by atoms with Gasteiger partial charge in [-0.1, -0.05) is 18.2 Å². The number of hydrogen-bond donors (Lipinski definition) is 2. The molecule has 6 heteroatoms. The number of hydrogen-bond acceptors (Lipinski definition) is 3. The van der Waals surface area contributed by atoms with Crippen LogP contribution in [0, 0.1) is 0 Å². The van der Waals surface area contributed by atoms with Gasteiger partial charge >= 0.3 is 5.97 Å². The monoisotopic (exact) mass is 290 g/mol. The molecule has 2 atom stereocenters. The Bertz CT molecular complexity index is 471. The third kappa shape index (κ3) is 3.02. The molecule has 0 saturated carbocycles. The summed E-state index contributed by atoms with van der Waals surface area (Å²) in [6.45, 7) is 1.48. The van der Waals surface area contributed by atoms with E-state index in [4.69, 9.17) is 28.3 Å². The summed E-state index contributed by atoms with van der Waals surface area (Å²) in [6, 6.07) is 4.51. The summed E-state index contributed by atoms with van der Waals surface area (Å²) >= 11 is 11.4. The smallest absolute Gasteiger partial charge is 0.337 e. The maximum Gasteiger partial charge on any atom is 0.337 e. The van der Waals surface area contributed by atoms with Crippen LogP contribution in [0.15, 0.2) is 18.2 Å². The van der Waals surface area contributed by atoms with Crippen molar-refractivity contribution >= 4 is 35.0 Å². The molecular weight excluding hydrogens is 279 g/mol. The van der Waals surface area contributed by atoms with Gasteiger partial charge in [-0.25, -0.2) is 4.79 Å². The standard InChI is InChI=1S/C12H12Cl2O4/c1-6(14)10(15)9-7(5-13)3-2-4-8(9)11(16)12(17)18/h2-4,6,11,16H,5H2,1H3,(H,17,18). The highest BCUT2D eigenvalue weighted by molar-refractivity contribution is 6.34. The number of rotatable bonds is 5. The average Bonchev–Trinajstić information content (AvgIpc) is 2.35. The number of aliphatic hydroxyl groups excluding tert-OH is 1. The second-order valence-corrected chi connectivity index (χ2v) is 4.66. The van der Waals surface area contributed by atoms with Crippen LogP contribution < -0.4 is 0 Å². The number of carboxylic acid groups (broad SMARTS) is 1. The Morgan fingerprint density at radius 1 is 1.39 bits per heavy atom. The van der Waals surface area contributed by atoms with E-state index in [2.05, 4.69) is 0 Å². The molecule has 0 aliphatic carbocycles. The average molecular weight is 291 g/mol. The first-order chi connectivity index (χ1) is 8.40. The van der Waals surface area contributed by atoms with Gasteiger partial charge in [0.1, 0.15) is 0 Å². The number of benzene rings is 1. The molecule has 2 N–H and O–H groups in total. The molecule has 0 bridgehead atoms. The molecule has 18 heavy (non-hydrogen) atoms. The van der Waals surface area contributed by atoms with Crippen LogP contribution in [0.1, 0.15) is 34.5 Å². The van der Waals surface area contributed by atoms with Crippen LogP contribution in [0.3, 0.4) is 0 Å². The molecular formula is C12H12Cl2O4. The molecule has 1 rings (SSSR count). The van der Waals surface area contributed by atoms with Crippen LogP contribution >= 0.6 is 23.2 Å². The van der Waals surface area contributed by atoms with Crippen LogP contribution in [-0.2, 0) is 10.7 Å². The van der Waals surface area contributed by atoms with Crippen molar-refractivity contribution in [3.63, 3.8) is 0 Å². The largest absolute Gasteiger partial charge is 0.479 e. The van der Waals surface area contributed by atoms with E-state index < -0.39 is 23.2 Å². The van der Waals surface area contributed by atoms with Gasteiger partial charge in [0.2, 0.25) is 0 Å². The SMILES string of the molecule is CC(Cl)C(=O)c1c(CCl)cccc1C(O)C(=O)O. The number of aliphatic hydroxyl groups is 1. The van der Waals surface area contributed by atoms with Gasteiger partial charge in [0.25, 0.3) is 0 Å². The molecule has 0 spiro atoms. The van der Waals surface area contributed by atoms with Crippen molar-refractivity contribution in [2.24, 2.45) is 0 Å². The van der Waals surface area contributed by atoms with Gasteiger partial charge in [0, 0.05) is 17.0 Å². The van der Waals surface area contributed by atoms with Gasteiger partial charge in [-0.15, -0.1) is 23.2 Å². The summed E-state index contributed by atoms with van der Waals surface area (Å²) in [5, 5.41) is 17.6. The van der Waals surface area contributed by atoms with Crippen molar-refractivity contribution < 1.29 is 19.8 Å². The van der Waals surface area contributed by atoms with Gasteiger partial charge in [-0.05, 0) is 12.5 Å². The Hall–Kier alpha value is -1.10. The van der Waals surface area contributed by atoms with Gasteiger partial charge in [0.05, 0.1) is 5.38 Å². The van der Waals surface area contributed by atoms with E-state index >= 15 is 0 Å². The molecule has 0 aliphatic heterocycles. The predicted octanol–water partition coefficient (Wildman–Crippen LogP) is 2.35. The molecule has 0 aromatic heterocycles. The molecule has 1 aromatic rings. The first-order valence-electron chi connectivity index (χ1n) is 5.17. The van der Waals surface area contributed by atoms with Crippen LogP contribution in [0.4, 0.5) is 0 Å².